The molecule has 6 heteroatoms. The molecule has 0 aliphatic heterocycles. The Morgan fingerprint density at radius 3 is 2.32 bits per heavy atom. The number of ether oxygens (including phenoxy) is 1. The summed E-state index contributed by atoms with van der Waals surface area (Å²) in [5.41, 5.74) is 3.49. The van der Waals surface area contributed by atoms with Crippen LogP contribution in [0.5, 0.6) is 5.75 Å². The van der Waals surface area contributed by atoms with Crippen molar-refractivity contribution in [1.29, 1.82) is 0 Å². The molecule has 0 saturated heterocycles. The summed E-state index contributed by atoms with van der Waals surface area (Å²) in [6.07, 6.45) is 3.72. The van der Waals surface area contributed by atoms with Crippen molar-refractivity contribution in [3.63, 3.8) is 0 Å². The van der Waals surface area contributed by atoms with E-state index in [0.717, 1.165) is 33.5 Å². The van der Waals surface area contributed by atoms with Gasteiger partial charge in [-0.25, -0.2) is 4.68 Å². The lowest BCUT2D eigenvalue weighted by molar-refractivity contribution is 0.336. The van der Waals surface area contributed by atoms with Gasteiger partial charge in [0.1, 0.15) is 5.75 Å². The highest BCUT2D eigenvalue weighted by Gasteiger charge is 2.08. The van der Waals surface area contributed by atoms with Crippen LogP contribution in [0, 0.1) is 0 Å². The van der Waals surface area contributed by atoms with Gasteiger partial charge in [0, 0.05) is 25.5 Å². The summed E-state index contributed by atoms with van der Waals surface area (Å²) in [5, 5.41) is 7.71. The van der Waals surface area contributed by atoms with Crippen LogP contribution < -0.4 is 10.1 Å². The first-order chi connectivity index (χ1) is 12.2. The van der Waals surface area contributed by atoms with Gasteiger partial charge >= 0.3 is 0 Å². The standard InChI is InChI=1S/C19H19Br2N3O/c1-2-25-19-17(20)10-15(11-18(19)21)13-22-12-14-4-6-16(7-5-14)24-9-3-8-23-24/h3-11,22H,2,12-13H2,1H3. The van der Waals surface area contributed by atoms with E-state index in [9.17, 15) is 0 Å². The van der Waals surface area contributed by atoms with Gasteiger partial charge in [-0.2, -0.15) is 5.10 Å². The zero-order chi connectivity index (χ0) is 17.6. The molecule has 4 nitrogen and oxygen atoms in total. The number of hydrogen-bond acceptors (Lipinski definition) is 3. The van der Waals surface area contributed by atoms with Crippen LogP contribution in [0.4, 0.5) is 0 Å². The van der Waals surface area contributed by atoms with E-state index < -0.39 is 0 Å². The average Bonchev–Trinajstić information content (AvgIpc) is 3.13. The van der Waals surface area contributed by atoms with Crippen LogP contribution >= 0.6 is 31.9 Å². The maximum atomic E-state index is 5.62. The third-order valence-electron chi connectivity index (χ3n) is 3.71. The summed E-state index contributed by atoms with van der Waals surface area (Å²) in [5.74, 6) is 0.848. The smallest absolute Gasteiger partial charge is 0.147 e. The number of benzene rings is 2. The van der Waals surface area contributed by atoms with Crippen molar-refractivity contribution in [2.45, 2.75) is 20.0 Å². The molecule has 25 heavy (non-hydrogen) atoms. The lowest BCUT2D eigenvalue weighted by atomic mass is 10.2. The van der Waals surface area contributed by atoms with E-state index in [1.807, 2.05) is 23.9 Å². The van der Waals surface area contributed by atoms with Crippen LogP contribution in [0.1, 0.15) is 18.1 Å². The van der Waals surface area contributed by atoms with Gasteiger partial charge < -0.3 is 10.1 Å². The second kappa shape index (κ2) is 8.65. The molecule has 0 bridgehead atoms. The van der Waals surface area contributed by atoms with E-state index in [2.05, 4.69) is 78.7 Å². The first-order valence-corrected chi connectivity index (χ1v) is 9.66. The molecule has 0 unspecified atom stereocenters. The van der Waals surface area contributed by atoms with Crippen molar-refractivity contribution >= 4 is 31.9 Å². The number of rotatable bonds is 7. The Hall–Kier alpha value is -1.63. The molecule has 0 fully saturated rings. The summed E-state index contributed by atoms with van der Waals surface area (Å²) < 4.78 is 9.39. The number of halogens is 2. The predicted octanol–water partition coefficient (Wildman–Crippen LogP) is 5.09. The Bertz CT molecular complexity index is 794. The van der Waals surface area contributed by atoms with Crippen molar-refractivity contribution < 1.29 is 4.74 Å². The lowest BCUT2D eigenvalue weighted by Gasteiger charge is -2.12. The largest absolute Gasteiger partial charge is 0.492 e. The molecule has 2 aromatic carbocycles. The maximum Gasteiger partial charge on any atom is 0.147 e. The average molecular weight is 465 g/mol. The fourth-order valence-corrected chi connectivity index (χ4v) is 4.05. The maximum absolute atomic E-state index is 5.62. The fraction of sp³-hybridized carbons (Fsp3) is 0.211. The molecule has 0 atom stereocenters. The summed E-state index contributed by atoms with van der Waals surface area (Å²) in [4.78, 5) is 0. The predicted molar refractivity (Wildman–Crippen MR) is 107 cm³/mol. The Morgan fingerprint density at radius 1 is 1.04 bits per heavy atom. The number of nitrogens with one attached hydrogen (secondary N) is 1. The van der Waals surface area contributed by atoms with E-state index >= 15 is 0 Å². The molecule has 1 N–H and O–H groups in total. The monoisotopic (exact) mass is 463 g/mol. The summed E-state index contributed by atoms with van der Waals surface area (Å²) in [6, 6.07) is 14.5. The minimum atomic E-state index is 0.642. The SMILES string of the molecule is CCOc1c(Br)cc(CNCc2ccc(-n3cccn3)cc2)cc1Br. The highest BCUT2D eigenvalue weighted by atomic mass is 79.9. The molecular weight excluding hydrogens is 446 g/mol. The molecule has 3 aromatic rings. The molecule has 0 aliphatic rings. The van der Waals surface area contributed by atoms with Gasteiger partial charge in [-0.15, -0.1) is 0 Å². The van der Waals surface area contributed by atoms with E-state index in [1.165, 1.54) is 11.1 Å². The van der Waals surface area contributed by atoms with Crippen molar-refractivity contribution in [1.82, 2.24) is 15.1 Å². The summed E-state index contributed by atoms with van der Waals surface area (Å²) in [6.45, 7) is 4.21. The van der Waals surface area contributed by atoms with Gasteiger partial charge in [0.15, 0.2) is 0 Å². The Balaban J connectivity index is 1.58. The van der Waals surface area contributed by atoms with Crippen LogP contribution in [-0.2, 0) is 13.1 Å². The van der Waals surface area contributed by atoms with Crippen molar-refractivity contribution in [3.8, 4) is 11.4 Å². The zero-order valence-electron chi connectivity index (χ0n) is 13.9. The molecule has 130 valence electrons. The Labute approximate surface area is 164 Å². The molecule has 1 heterocycles. The Kier molecular flexibility index (Phi) is 6.29. The minimum Gasteiger partial charge on any atom is -0.492 e. The number of nitrogens with zero attached hydrogens (tertiary/aromatic N) is 2. The third-order valence-corrected chi connectivity index (χ3v) is 4.89. The van der Waals surface area contributed by atoms with Crippen LogP contribution in [-0.4, -0.2) is 16.4 Å². The lowest BCUT2D eigenvalue weighted by Crippen LogP contribution is -2.13. The topological polar surface area (TPSA) is 39.1 Å². The van der Waals surface area contributed by atoms with Gasteiger partial charge in [-0.05, 0) is 80.2 Å². The molecule has 0 aliphatic carbocycles. The summed E-state index contributed by atoms with van der Waals surface area (Å²) in [7, 11) is 0. The first-order valence-electron chi connectivity index (χ1n) is 8.07. The number of aromatic nitrogens is 2. The van der Waals surface area contributed by atoms with Gasteiger partial charge in [0.05, 0.1) is 21.2 Å². The highest BCUT2D eigenvalue weighted by Crippen LogP contribution is 2.34. The highest BCUT2D eigenvalue weighted by molar-refractivity contribution is 9.11. The van der Waals surface area contributed by atoms with Gasteiger partial charge in [0.2, 0.25) is 0 Å². The molecule has 0 saturated carbocycles. The normalized spacial score (nSPS) is 10.8. The molecule has 0 amide bonds. The van der Waals surface area contributed by atoms with E-state index in [-0.39, 0.29) is 0 Å². The quantitative estimate of drug-likeness (QED) is 0.529. The van der Waals surface area contributed by atoms with E-state index in [0.29, 0.717) is 6.61 Å². The second-order valence-electron chi connectivity index (χ2n) is 5.54. The third kappa shape index (κ3) is 4.71. The zero-order valence-corrected chi connectivity index (χ0v) is 17.0. The van der Waals surface area contributed by atoms with Crippen molar-refractivity contribution in [2.75, 3.05) is 6.61 Å². The molecular formula is C19H19Br2N3O. The first kappa shape index (κ1) is 18.2. The minimum absolute atomic E-state index is 0.642. The van der Waals surface area contributed by atoms with Crippen molar-refractivity contribution in [2.24, 2.45) is 0 Å². The van der Waals surface area contributed by atoms with Gasteiger partial charge in [-0.1, -0.05) is 12.1 Å². The van der Waals surface area contributed by atoms with Crippen molar-refractivity contribution in [3.05, 3.63) is 74.9 Å². The number of hydrogen-bond donors (Lipinski definition) is 1. The van der Waals surface area contributed by atoms with Crippen LogP contribution in [0.25, 0.3) is 5.69 Å². The molecule has 3 rings (SSSR count). The van der Waals surface area contributed by atoms with E-state index in [1.54, 1.807) is 6.20 Å². The van der Waals surface area contributed by atoms with Crippen LogP contribution in [0.2, 0.25) is 0 Å². The van der Waals surface area contributed by atoms with Gasteiger partial charge in [0.25, 0.3) is 0 Å². The molecule has 1 aromatic heterocycles. The van der Waals surface area contributed by atoms with Crippen LogP contribution in [0.15, 0.2) is 63.8 Å². The van der Waals surface area contributed by atoms with Crippen LogP contribution in [0.3, 0.4) is 0 Å². The summed E-state index contributed by atoms with van der Waals surface area (Å²) >= 11 is 7.14. The molecule has 0 spiro atoms. The Morgan fingerprint density at radius 2 is 1.72 bits per heavy atom. The van der Waals surface area contributed by atoms with Gasteiger partial charge in [-0.3, -0.25) is 0 Å². The second-order valence-corrected chi connectivity index (χ2v) is 7.25. The fourth-order valence-electron chi connectivity index (χ4n) is 2.54. The molecule has 0 radical (unpaired) electrons. The van der Waals surface area contributed by atoms with E-state index in [4.69, 9.17) is 4.74 Å².